The van der Waals surface area contributed by atoms with Gasteiger partial charge >= 0.3 is 0 Å². The first-order valence-corrected chi connectivity index (χ1v) is 11.9. The molecule has 10 heteroatoms. The van der Waals surface area contributed by atoms with E-state index in [-0.39, 0.29) is 15.6 Å². The summed E-state index contributed by atoms with van der Waals surface area (Å²) < 4.78 is 53.7. The fourth-order valence-electron chi connectivity index (χ4n) is 3.37. The van der Waals surface area contributed by atoms with E-state index in [2.05, 4.69) is 10.3 Å². The van der Waals surface area contributed by atoms with Crippen molar-refractivity contribution in [3.63, 3.8) is 0 Å². The maximum atomic E-state index is 13.5. The molecule has 1 N–H and O–H groups in total. The van der Waals surface area contributed by atoms with Gasteiger partial charge < -0.3 is 0 Å². The minimum Gasteiger partial charge on any atom is -0.298 e. The van der Waals surface area contributed by atoms with Crippen molar-refractivity contribution in [2.45, 2.75) is 24.7 Å². The SMILES string of the molecule is Cc1ccc(S(=O)(=O)N2CCCC2)cc1C(=O)Nc1nc(-c2ccc(F)c(F)c2)cs1. The van der Waals surface area contributed by atoms with Crippen molar-refractivity contribution >= 4 is 32.4 Å². The number of carbonyl (C=O) groups is 1. The molecular weight excluding hydrogens is 444 g/mol. The number of nitrogens with one attached hydrogen (secondary N) is 1. The average Bonchev–Trinajstić information content (AvgIpc) is 3.43. The Morgan fingerprint density at radius 2 is 1.84 bits per heavy atom. The summed E-state index contributed by atoms with van der Waals surface area (Å²) in [6, 6.07) is 7.93. The molecule has 162 valence electrons. The fourth-order valence-corrected chi connectivity index (χ4v) is 5.63. The maximum Gasteiger partial charge on any atom is 0.257 e. The van der Waals surface area contributed by atoms with Crippen molar-refractivity contribution in [1.29, 1.82) is 0 Å². The molecule has 1 aliphatic rings. The first-order valence-electron chi connectivity index (χ1n) is 9.59. The number of rotatable bonds is 5. The van der Waals surface area contributed by atoms with Crippen molar-refractivity contribution in [3.05, 3.63) is 64.5 Å². The smallest absolute Gasteiger partial charge is 0.257 e. The highest BCUT2D eigenvalue weighted by Crippen LogP contribution is 2.27. The Labute approximate surface area is 182 Å². The standard InChI is InChI=1S/C21H19F2N3O3S2/c1-13-4-6-15(31(28,29)26-8-2-3-9-26)11-16(13)20(27)25-21-24-19(12-30-21)14-5-7-17(22)18(23)10-14/h4-7,10-12H,2-3,8-9H2,1H3,(H,24,25,27). The molecule has 31 heavy (non-hydrogen) atoms. The molecule has 4 rings (SSSR count). The number of halogens is 2. The van der Waals surface area contributed by atoms with E-state index in [0.29, 0.717) is 29.9 Å². The molecule has 0 spiro atoms. The van der Waals surface area contributed by atoms with E-state index < -0.39 is 27.6 Å². The van der Waals surface area contributed by atoms with E-state index in [1.54, 1.807) is 18.4 Å². The van der Waals surface area contributed by atoms with Gasteiger partial charge in [-0.25, -0.2) is 22.2 Å². The number of anilines is 1. The van der Waals surface area contributed by atoms with Gasteiger partial charge in [0.1, 0.15) is 0 Å². The van der Waals surface area contributed by atoms with Crippen LogP contribution in [-0.2, 0) is 10.0 Å². The lowest BCUT2D eigenvalue weighted by Crippen LogP contribution is -2.28. The van der Waals surface area contributed by atoms with Crippen molar-refractivity contribution in [2.24, 2.45) is 0 Å². The Balaban J connectivity index is 1.56. The highest BCUT2D eigenvalue weighted by molar-refractivity contribution is 7.89. The Morgan fingerprint density at radius 1 is 1.10 bits per heavy atom. The number of sulfonamides is 1. The van der Waals surface area contributed by atoms with E-state index in [1.807, 2.05) is 0 Å². The summed E-state index contributed by atoms with van der Waals surface area (Å²) in [5.74, 6) is -2.43. The maximum absolute atomic E-state index is 13.5. The number of amides is 1. The molecule has 3 aromatic rings. The zero-order chi connectivity index (χ0) is 22.2. The summed E-state index contributed by atoms with van der Waals surface area (Å²) in [7, 11) is -3.65. The predicted molar refractivity (Wildman–Crippen MR) is 115 cm³/mol. The van der Waals surface area contributed by atoms with E-state index in [9.17, 15) is 22.0 Å². The summed E-state index contributed by atoms with van der Waals surface area (Å²) in [5.41, 5.74) is 1.62. The van der Waals surface area contributed by atoms with E-state index in [1.165, 1.54) is 22.5 Å². The number of nitrogens with zero attached hydrogens (tertiary/aromatic N) is 2. The fraction of sp³-hybridized carbons (Fsp3) is 0.238. The average molecular weight is 464 g/mol. The van der Waals surface area contributed by atoms with Gasteiger partial charge in [0.25, 0.3) is 5.91 Å². The van der Waals surface area contributed by atoms with Crippen LogP contribution in [0.15, 0.2) is 46.7 Å². The number of hydrogen-bond donors (Lipinski definition) is 1. The number of benzene rings is 2. The summed E-state index contributed by atoms with van der Waals surface area (Å²) >= 11 is 1.13. The molecule has 1 amide bonds. The zero-order valence-corrected chi connectivity index (χ0v) is 18.2. The molecule has 1 fully saturated rings. The predicted octanol–water partition coefficient (Wildman–Crippen LogP) is 4.43. The highest BCUT2D eigenvalue weighted by Gasteiger charge is 2.28. The van der Waals surface area contributed by atoms with Crippen LogP contribution < -0.4 is 5.32 Å². The summed E-state index contributed by atoms with van der Waals surface area (Å²) in [4.78, 5) is 17.1. The van der Waals surface area contributed by atoms with Crippen LogP contribution in [0.4, 0.5) is 13.9 Å². The van der Waals surface area contributed by atoms with Crippen LogP contribution in [-0.4, -0.2) is 36.7 Å². The van der Waals surface area contributed by atoms with Crippen LogP contribution in [0.2, 0.25) is 0 Å². The first kappa shape index (κ1) is 21.5. The third kappa shape index (κ3) is 4.36. The molecule has 1 saturated heterocycles. The molecule has 2 aromatic carbocycles. The lowest BCUT2D eigenvalue weighted by Gasteiger charge is -2.16. The van der Waals surface area contributed by atoms with Gasteiger partial charge in [-0.15, -0.1) is 11.3 Å². The van der Waals surface area contributed by atoms with Crippen LogP contribution in [0.5, 0.6) is 0 Å². The van der Waals surface area contributed by atoms with Gasteiger partial charge in [-0.3, -0.25) is 10.1 Å². The van der Waals surface area contributed by atoms with Crippen molar-refractivity contribution in [1.82, 2.24) is 9.29 Å². The molecule has 1 aromatic heterocycles. The van der Waals surface area contributed by atoms with Gasteiger partial charge in [0.05, 0.1) is 10.6 Å². The largest absolute Gasteiger partial charge is 0.298 e. The van der Waals surface area contributed by atoms with Crippen LogP contribution in [0.25, 0.3) is 11.3 Å². The summed E-state index contributed by atoms with van der Waals surface area (Å²) in [5, 5.41) is 4.53. The monoisotopic (exact) mass is 463 g/mol. The van der Waals surface area contributed by atoms with Gasteiger partial charge in [-0.05, 0) is 55.7 Å². The Morgan fingerprint density at radius 3 is 2.55 bits per heavy atom. The Bertz CT molecular complexity index is 1250. The molecule has 0 radical (unpaired) electrons. The summed E-state index contributed by atoms with van der Waals surface area (Å²) in [6.07, 6.45) is 1.64. The van der Waals surface area contributed by atoms with Crippen LogP contribution in [0.1, 0.15) is 28.8 Å². The van der Waals surface area contributed by atoms with Crippen LogP contribution in [0.3, 0.4) is 0 Å². The number of aromatic nitrogens is 1. The third-order valence-corrected chi connectivity index (χ3v) is 7.75. The molecule has 6 nitrogen and oxygen atoms in total. The lowest BCUT2D eigenvalue weighted by molar-refractivity contribution is 0.102. The second-order valence-electron chi connectivity index (χ2n) is 7.21. The molecular formula is C21H19F2N3O3S2. The van der Waals surface area contributed by atoms with Crippen molar-refractivity contribution < 1.29 is 22.0 Å². The van der Waals surface area contributed by atoms with Crippen LogP contribution >= 0.6 is 11.3 Å². The number of hydrogen-bond acceptors (Lipinski definition) is 5. The van der Waals surface area contributed by atoms with Crippen LogP contribution in [0, 0.1) is 18.6 Å². The normalized spacial score (nSPS) is 14.7. The van der Waals surface area contributed by atoms with Gasteiger partial charge in [0.2, 0.25) is 10.0 Å². The zero-order valence-electron chi connectivity index (χ0n) is 16.6. The second kappa shape index (κ2) is 8.45. The molecule has 0 unspecified atom stereocenters. The van der Waals surface area contributed by atoms with E-state index >= 15 is 0 Å². The van der Waals surface area contributed by atoms with Gasteiger partial charge in [-0.1, -0.05) is 6.07 Å². The van der Waals surface area contributed by atoms with E-state index in [0.717, 1.165) is 36.3 Å². The molecule has 1 aliphatic heterocycles. The first-order chi connectivity index (χ1) is 14.8. The molecule has 0 atom stereocenters. The summed E-state index contributed by atoms with van der Waals surface area (Å²) in [6.45, 7) is 2.67. The van der Waals surface area contributed by atoms with Gasteiger partial charge in [-0.2, -0.15) is 4.31 Å². The molecule has 0 bridgehead atoms. The quantitative estimate of drug-likeness (QED) is 0.607. The minimum atomic E-state index is -3.65. The van der Waals surface area contributed by atoms with Gasteiger partial charge in [0, 0.05) is 29.6 Å². The Kier molecular flexibility index (Phi) is 5.87. The second-order valence-corrected chi connectivity index (χ2v) is 10.0. The van der Waals surface area contributed by atoms with Gasteiger partial charge in [0.15, 0.2) is 16.8 Å². The molecule has 0 aliphatic carbocycles. The highest BCUT2D eigenvalue weighted by atomic mass is 32.2. The minimum absolute atomic E-state index is 0.0757. The molecule has 0 saturated carbocycles. The number of carbonyl (C=O) groups excluding carboxylic acids is 1. The third-order valence-electron chi connectivity index (χ3n) is 5.10. The van der Waals surface area contributed by atoms with Crippen molar-refractivity contribution in [2.75, 3.05) is 18.4 Å². The number of thiazole rings is 1. The van der Waals surface area contributed by atoms with Crippen molar-refractivity contribution in [3.8, 4) is 11.3 Å². The van der Waals surface area contributed by atoms with E-state index in [4.69, 9.17) is 0 Å². The molecule has 2 heterocycles. The Hall–Kier alpha value is -2.69. The topological polar surface area (TPSA) is 79.4 Å². The lowest BCUT2D eigenvalue weighted by atomic mass is 10.1. The number of aryl methyl sites for hydroxylation is 1.